The highest BCUT2D eigenvalue weighted by molar-refractivity contribution is 5.88. The average Bonchev–Trinajstić information content (AvgIpc) is 2.74. The van der Waals surface area contributed by atoms with E-state index in [1.54, 1.807) is 4.90 Å². The molecule has 2 aromatic rings. The SMILES string of the molecule is CC[C@@H](C)NC(=O)[C@H](CC)N(Cc1ccccc1C)C(=O)COc1ccc(C)cc1C. The number of rotatable bonds is 10. The van der Waals surface area contributed by atoms with E-state index >= 15 is 0 Å². The van der Waals surface area contributed by atoms with E-state index in [-0.39, 0.29) is 24.5 Å². The molecule has 5 heteroatoms. The molecule has 0 heterocycles. The molecule has 0 saturated heterocycles. The summed E-state index contributed by atoms with van der Waals surface area (Å²) < 4.78 is 5.86. The summed E-state index contributed by atoms with van der Waals surface area (Å²) in [5.41, 5.74) is 4.25. The fourth-order valence-corrected chi connectivity index (χ4v) is 3.52. The summed E-state index contributed by atoms with van der Waals surface area (Å²) in [6, 6.07) is 13.3. The first-order chi connectivity index (χ1) is 14.8. The van der Waals surface area contributed by atoms with Crippen molar-refractivity contribution in [2.75, 3.05) is 6.61 Å². The van der Waals surface area contributed by atoms with Gasteiger partial charge in [-0.1, -0.05) is 55.8 Å². The molecule has 0 aliphatic carbocycles. The minimum Gasteiger partial charge on any atom is -0.483 e. The first kappa shape index (κ1) is 24.4. The maximum absolute atomic E-state index is 13.3. The molecule has 31 heavy (non-hydrogen) atoms. The molecule has 0 unspecified atom stereocenters. The molecule has 2 aromatic carbocycles. The van der Waals surface area contributed by atoms with Crippen LogP contribution in [0.4, 0.5) is 0 Å². The van der Waals surface area contributed by atoms with Crippen LogP contribution >= 0.6 is 0 Å². The largest absolute Gasteiger partial charge is 0.483 e. The topological polar surface area (TPSA) is 58.6 Å². The van der Waals surface area contributed by atoms with Crippen LogP contribution in [-0.2, 0) is 16.1 Å². The lowest BCUT2D eigenvalue weighted by molar-refractivity contribution is -0.143. The van der Waals surface area contributed by atoms with E-state index in [1.165, 1.54) is 0 Å². The summed E-state index contributed by atoms with van der Waals surface area (Å²) in [5, 5.41) is 3.03. The molecular formula is C26H36N2O3. The van der Waals surface area contributed by atoms with Gasteiger partial charge in [-0.2, -0.15) is 0 Å². The highest BCUT2D eigenvalue weighted by atomic mass is 16.5. The van der Waals surface area contributed by atoms with E-state index < -0.39 is 6.04 Å². The molecule has 0 radical (unpaired) electrons. The molecule has 2 atom stereocenters. The number of aryl methyl sites for hydroxylation is 3. The van der Waals surface area contributed by atoms with Gasteiger partial charge in [0.25, 0.3) is 5.91 Å². The van der Waals surface area contributed by atoms with E-state index in [2.05, 4.69) is 5.32 Å². The van der Waals surface area contributed by atoms with Crippen molar-refractivity contribution in [3.8, 4) is 5.75 Å². The van der Waals surface area contributed by atoms with E-state index in [0.717, 1.165) is 28.7 Å². The third kappa shape index (κ3) is 6.84. The number of carbonyl (C=O) groups is 2. The van der Waals surface area contributed by atoms with Crippen LogP contribution in [0.2, 0.25) is 0 Å². The first-order valence-corrected chi connectivity index (χ1v) is 11.1. The van der Waals surface area contributed by atoms with Crippen molar-refractivity contribution in [1.82, 2.24) is 10.2 Å². The van der Waals surface area contributed by atoms with Crippen molar-refractivity contribution >= 4 is 11.8 Å². The Morgan fingerprint density at radius 1 is 1.00 bits per heavy atom. The Bertz CT molecular complexity index is 894. The lowest BCUT2D eigenvalue weighted by Crippen LogP contribution is -2.51. The fourth-order valence-electron chi connectivity index (χ4n) is 3.52. The molecule has 0 aromatic heterocycles. The molecule has 0 spiro atoms. The summed E-state index contributed by atoms with van der Waals surface area (Å²) in [5.74, 6) is 0.367. The number of amides is 2. The van der Waals surface area contributed by atoms with Gasteiger partial charge in [-0.25, -0.2) is 0 Å². The van der Waals surface area contributed by atoms with Crippen LogP contribution in [0.5, 0.6) is 5.75 Å². The molecule has 0 aliphatic heterocycles. The van der Waals surface area contributed by atoms with Crippen LogP contribution < -0.4 is 10.1 Å². The molecule has 168 valence electrons. The Labute approximate surface area is 186 Å². The summed E-state index contributed by atoms with van der Waals surface area (Å²) in [7, 11) is 0. The van der Waals surface area contributed by atoms with Crippen molar-refractivity contribution in [2.24, 2.45) is 0 Å². The average molecular weight is 425 g/mol. The Kier molecular flexibility index (Phi) is 9.10. The summed E-state index contributed by atoms with van der Waals surface area (Å²) in [6.45, 7) is 12.2. The number of hydrogen-bond donors (Lipinski definition) is 1. The quantitative estimate of drug-likeness (QED) is 0.601. The Balaban J connectivity index is 2.25. The van der Waals surface area contributed by atoms with Gasteiger partial charge in [0, 0.05) is 12.6 Å². The fraction of sp³-hybridized carbons (Fsp3) is 0.462. The summed E-state index contributed by atoms with van der Waals surface area (Å²) >= 11 is 0. The van der Waals surface area contributed by atoms with Gasteiger partial charge in [0.1, 0.15) is 11.8 Å². The minimum atomic E-state index is -0.552. The molecule has 0 saturated carbocycles. The van der Waals surface area contributed by atoms with Crippen molar-refractivity contribution < 1.29 is 14.3 Å². The van der Waals surface area contributed by atoms with Gasteiger partial charge in [-0.05, 0) is 63.3 Å². The van der Waals surface area contributed by atoms with Crippen molar-refractivity contribution in [3.05, 3.63) is 64.7 Å². The zero-order valence-corrected chi connectivity index (χ0v) is 19.7. The maximum atomic E-state index is 13.3. The van der Waals surface area contributed by atoms with Crippen LogP contribution in [0.1, 0.15) is 55.9 Å². The third-order valence-electron chi connectivity index (χ3n) is 5.67. The number of benzene rings is 2. The van der Waals surface area contributed by atoms with E-state index in [1.807, 2.05) is 84.0 Å². The van der Waals surface area contributed by atoms with Gasteiger partial charge >= 0.3 is 0 Å². The normalized spacial score (nSPS) is 12.7. The molecule has 5 nitrogen and oxygen atoms in total. The lowest BCUT2D eigenvalue weighted by Gasteiger charge is -2.32. The van der Waals surface area contributed by atoms with Gasteiger partial charge < -0.3 is 15.0 Å². The first-order valence-electron chi connectivity index (χ1n) is 11.1. The van der Waals surface area contributed by atoms with Gasteiger partial charge in [-0.3, -0.25) is 9.59 Å². The van der Waals surface area contributed by atoms with Gasteiger partial charge in [0.15, 0.2) is 6.61 Å². The number of ether oxygens (including phenoxy) is 1. The predicted octanol–water partition coefficient (Wildman–Crippen LogP) is 4.71. The van der Waals surface area contributed by atoms with Gasteiger partial charge in [0.2, 0.25) is 5.91 Å². The van der Waals surface area contributed by atoms with E-state index in [0.29, 0.717) is 18.7 Å². The lowest BCUT2D eigenvalue weighted by atomic mass is 10.1. The monoisotopic (exact) mass is 424 g/mol. The van der Waals surface area contributed by atoms with Gasteiger partial charge in [0.05, 0.1) is 0 Å². The van der Waals surface area contributed by atoms with Crippen molar-refractivity contribution in [2.45, 2.75) is 73.0 Å². The zero-order valence-electron chi connectivity index (χ0n) is 19.7. The van der Waals surface area contributed by atoms with Crippen molar-refractivity contribution in [1.29, 1.82) is 0 Å². The molecule has 1 N–H and O–H groups in total. The van der Waals surface area contributed by atoms with Crippen LogP contribution in [0, 0.1) is 20.8 Å². The molecule has 2 amide bonds. The number of nitrogens with zero attached hydrogens (tertiary/aromatic N) is 1. The van der Waals surface area contributed by atoms with Crippen LogP contribution in [0.3, 0.4) is 0 Å². The van der Waals surface area contributed by atoms with Crippen LogP contribution in [0.25, 0.3) is 0 Å². The second kappa shape index (κ2) is 11.5. The summed E-state index contributed by atoms with van der Waals surface area (Å²) in [6.07, 6.45) is 1.37. The molecule has 0 fully saturated rings. The molecule has 0 aliphatic rings. The highest BCUT2D eigenvalue weighted by Crippen LogP contribution is 2.20. The molecule has 2 rings (SSSR count). The minimum absolute atomic E-state index is 0.0587. The number of carbonyl (C=O) groups excluding carboxylic acids is 2. The van der Waals surface area contributed by atoms with Crippen molar-refractivity contribution in [3.63, 3.8) is 0 Å². The summed E-state index contributed by atoms with van der Waals surface area (Å²) in [4.78, 5) is 27.9. The second-order valence-corrected chi connectivity index (χ2v) is 8.25. The smallest absolute Gasteiger partial charge is 0.261 e. The van der Waals surface area contributed by atoms with Crippen LogP contribution in [-0.4, -0.2) is 35.4 Å². The molecule has 0 bridgehead atoms. The predicted molar refractivity (Wildman–Crippen MR) is 125 cm³/mol. The Morgan fingerprint density at radius 2 is 1.71 bits per heavy atom. The zero-order chi connectivity index (χ0) is 23.0. The maximum Gasteiger partial charge on any atom is 0.261 e. The van der Waals surface area contributed by atoms with E-state index in [4.69, 9.17) is 4.74 Å². The second-order valence-electron chi connectivity index (χ2n) is 8.25. The molecular weight excluding hydrogens is 388 g/mol. The Morgan fingerprint density at radius 3 is 2.32 bits per heavy atom. The van der Waals surface area contributed by atoms with Crippen LogP contribution in [0.15, 0.2) is 42.5 Å². The number of nitrogens with one attached hydrogen (secondary N) is 1. The highest BCUT2D eigenvalue weighted by Gasteiger charge is 2.29. The third-order valence-corrected chi connectivity index (χ3v) is 5.67. The van der Waals surface area contributed by atoms with E-state index in [9.17, 15) is 9.59 Å². The Hall–Kier alpha value is -2.82. The number of hydrogen-bond acceptors (Lipinski definition) is 3. The van der Waals surface area contributed by atoms with Gasteiger partial charge in [-0.15, -0.1) is 0 Å². The standard InChI is InChI=1S/C26H36N2O3/c1-7-21(6)27-26(30)23(8-2)28(16-22-12-10-9-11-19(22)4)25(29)17-31-24-14-13-18(3)15-20(24)5/h9-15,21,23H,7-8,16-17H2,1-6H3,(H,27,30)/t21-,23+/m1/s1.